The van der Waals surface area contributed by atoms with Crippen molar-refractivity contribution < 1.29 is 27.1 Å². The van der Waals surface area contributed by atoms with Gasteiger partial charge in [0.05, 0.1) is 30.2 Å². The van der Waals surface area contributed by atoms with Gasteiger partial charge in [-0.3, -0.25) is 9.59 Å². The summed E-state index contributed by atoms with van der Waals surface area (Å²) in [4.78, 5) is 26.7. The molecular weight excluding hydrogens is 473 g/mol. The number of benzene rings is 2. The van der Waals surface area contributed by atoms with E-state index in [0.717, 1.165) is 12.1 Å². The molecule has 2 aromatic rings. The maximum absolute atomic E-state index is 13.2. The number of carbonyl (C=O) groups excluding carboxylic acids is 2. The SMILES string of the molecule is COc1ccc(Cl)cc1NC(=O)CN(C)C(=O)C1CCCN(S(=O)(=O)c2ccc(F)cc2)C1. The Morgan fingerprint density at radius 3 is 2.61 bits per heavy atom. The third-order valence-electron chi connectivity index (χ3n) is 5.38. The number of hydrogen-bond acceptors (Lipinski definition) is 5. The first-order chi connectivity index (χ1) is 15.6. The van der Waals surface area contributed by atoms with E-state index in [9.17, 15) is 22.4 Å². The summed E-state index contributed by atoms with van der Waals surface area (Å²) in [6, 6.07) is 9.36. The maximum Gasteiger partial charge on any atom is 0.244 e. The Balaban J connectivity index is 1.63. The molecule has 0 spiro atoms. The van der Waals surface area contributed by atoms with Crippen molar-refractivity contribution in [2.45, 2.75) is 17.7 Å². The molecule has 1 atom stereocenters. The minimum Gasteiger partial charge on any atom is -0.495 e. The van der Waals surface area contributed by atoms with Crippen LogP contribution in [0.5, 0.6) is 5.75 Å². The highest BCUT2D eigenvalue weighted by molar-refractivity contribution is 7.89. The smallest absolute Gasteiger partial charge is 0.244 e. The van der Waals surface area contributed by atoms with E-state index in [-0.39, 0.29) is 30.4 Å². The maximum atomic E-state index is 13.2. The summed E-state index contributed by atoms with van der Waals surface area (Å²) in [5.41, 5.74) is 0.380. The molecule has 0 saturated carbocycles. The molecule has 2 amide bonds. The molecular formula is C22H25ClFN3O5S. The van der Waals surface area contributed by atoms with Gasteiger partial charge >= 0.3 is 0 Å². The van der Waals surface area contributed by atoms with Crippen molar-refractivity contribution in [3.63, 3.8) is 0 Å². The van der Waals surface area contributed by atoms with Crippen molar-refractivity contribution in [1.29, 1.82) is 0 Å². The van der Waals surface area contributed by atoms with E-state index < -0.39 is 27.7 Å². The number of amides is 2. The lowest BCUT2D eigenvalue weighted by molar-refractivity contribution is -0.138. The minimum absolute atomic E-state index is 0.00732. The van der Waals surface area contributed by atoms with Crippen molar-refractivity contribution >= 4 is 39.1 Å². The van der Waals surface area contributed by atoms with Crippen LogP contribution in [0.15, 0.2) is 47.4 Å². The number of nitrogens with one attached hydrogen (secondary N) is 1. The lowest BCUT2D eigenvalue weighted by Crippen LogP contribution is -2.47. The van der Waals surface area contributed by atoms with Gasteiger partial charge in [0.2, 0.25) is 21.8 Å². The van der Waals surface area contributed by atoms with Crippen LogP contribution in [0.3, 0.4) is 0 Å². The standard InChI is InChI=1S/C22H25ClFN3O5S/c1-26(14-21(28)25-19-12-16(23)5-10-20(19)32-2)22(29)15-4-3-11-27(13-15)33(30,31)18-8-6-17(24)7-9-18/h5-10,12,15H,3-4,11,13-14H2,1-2H3,(H,25,28). The Kier molecular flexibility index (Phi) is 7.93. The van der Waals surface area contributed by atoms with Crippen LogP contribution < -0.4 is 10.1 Å². The van der Waals surface area contributed by atoms with Crippen molar-refractivity contribution in [2.24, 2.45) is 5.92 Å². The average molecular weight is 498 g/mol. The van der Waals surface area contributed by atoms with Gasteiger partial charge in [-0.25, -0.2) is 12.8 Å². The first kappa shape index (κ1) is 24.9. The van der Waals surface area contributed by atoms with Crippen molar-refractivity contribution in [3.05, 3.63) is 53.3 Å². The number of carbonyl (C=O) groups is 2. The molecule has 1 N–H and O–H groups in total. The predicted molar refractivity (Wildman–Crippen MR) is 122 cm³/mol. The zero-order chi connectivity index (χ0) is 24.2. The number of piperidine rings is 1. The van der Waals surface area contributed by atoms with Gasteiger partial charge in [0.1, 0.15) is 11.6 Å². The number of halogens is 2. The quantitative estimate of drug-likeness (QED) is 0.634. The highest BCUT2D eigenvalue weighted by Crippen LogP contribution is 2.28. The summed E-state index contributed by atoms with van der Waals surface area (Å²) in [7, 11) is -0.904. The summed E-state index contributed by atoms with van der Waals surface area (Å²) in [5.74, 6) is -1.47. The first-order valence-electron chi connectivity index (χ1n) is 10.3. The van der Waals surface area contributed by atoms with Gasteiger partial charge < -0.3 is 15.0 Å². The Hall–Kier alpha value is -2.69. The van der Waals surface area contributed by atoms with Crippen LogP contribution in [0.4, 0.5) is 10.1 Å². The number of nitrogens with zero attached hydrogens (tertiary/aromatic N) is 2. The van der Waals surface area contributed by atoms with Crippen molar-refractivity contribution in [1.82, 2.24) is 9.21 Å². The monoisotopic (exact) mass is 497 g/mol. The molecule has 11 heteroatoms. The number of sulfonamides is 1. The van der Waals surface area contributed by atoms with Gasteiger partial charge in [0.25, 0.3) is 0 Å². The summed E-state index contributed by atoms with van der Waals surface area (Å²) in [5, 5.41) is 3.09. The highest BCUT2D eigenvalue weighted by atomic mass is 35.5. The fourth-order valence-corrected chi connectivity index (χ4v) is 5.39. The van der Waals surface area contributed by atoms with Crippen molar-refractivity contribution in [2.75, 3.05) is 39.1 Å². The summed E-state index contributed by atoms with van der Waals surface area (Å²) in [6.45, 7) is 0.0323. The second-order valence-electron chi connectivity index (χ2n) is 7.74. The van der Waals surface area contributed by atoms with Gasteiger partial charge in [0, 0.05) is 25.2 Å². The fraction of sp³-hybridized carbons (Fsp3) is 0.364. The summed E-state index contributed by atoms with van der Waals surface area (Å²) < 4.78 is 45.4. The number of likely N-dealkylation sites (N-methyl/N-ethyl adjacent to an activating group) is 1. The van der Waals surface area contributed by atoms with Crippen LogP contribution in [0.2, 0.25) is 5.02 Å². The molecule has 8 nitrogen and oxygen atoms in total. The molecule has 0 radical (unpaired) electrons. The fourth-order valence-electron chi connectivity index (χ4n) is 3.69. The number of hydrogen-bond donors (Lipinski definition) is 1. The molecule has 3 rings (SSSR count). The molecule has 1 aliphatic rings. The largest absolute Gasteiger partial charge is 0.495 e. The number of methoxy groups -OCH3 is 1. The molecule has 1 unspecified atom stereocenters. The van der Waals surface area contributed by atoms with Crippen LogP contribution in [0.25, 0.3) is 0 Å². The molecule has 1 heterocycles. The predicted octanol–water partition coefficient (Wildman–Crippen LogP) is 2.99. The molecule has 1 fully saturated rings. The van der Waals surface area contributed by atoms with Crippen LogP contribution in [0, 0.1) is 11.7 Å². The number of anilines is 1. The van der Waals surface area contributed by atoms with Gasteiger partial charge in [-0.05, 0) is 55.3 Å². The zero-order valence-electron chi connectivity index (χ0n) is 18.3. The minimum atomic E-state index is -3.86. The Morgan fingerprint density at radius 1 is 1.24 bits per heavy atom. The molecule has 33 heavy (non-hydrogen) atoms. The summed E-state index contributed by atoms with van der Waals surface area (Å²) >= 11 is 5.97. The van der Waals surface area contributed by atoms with Gasteiger partial charge in [-0.1, -0.05) is 11.6 Å². The molecule has 2 aromatic carbocycles. The molecule has 0 aromatic heterocycles. The first-order valence-corrected chi connectivity index (χ1v) is 12.1. The van der Waals surface area contributed by atoms with E-state index in [0.29, 0.717) is 29.3 Å². The van der Waals surface area contributed by atoms with E-state index >= 15 is 0 Å². The van der Waals surface area contributed by atoms with Gasteiger partial charge in [0.15, 0.2) is 0 Å². The van der Waals surface area contributed by atoms with Crippen LogP contribution in [-0.4, -0.2) is 63.2 Å². The van der Waals surface area contributed by atoms with Crippen molar-refractivity contribution in [3.8, 4) is 5.75 Å². The van der Waals surface area contributed by atoms with Gasteiger partial charge in [-0.2, -0.15) is 4.31 Å². The van der Waals surface area contributed by atoms with Crippen LogP contribution >= 0.6 is 11.6 Å². The Morgan fingerprint density at radius 2 is 1.94 bits per heavy atom. The number of ether oxygens (including phenoxy) is 1. The number of rotatable bonds is 7. The third-order valence-corrected chi connectivity index (χ3v) is 7.49. The molecule has 1 aliphatic heterocycles. The lowest BCUT2D eigenvalue weighted by Gasteiger charge is -2.33. The lowest BCUT2D eigenvalue weighted by atomic mass is 9.98. The van der Waals surface area contributed by atoms with E-state index in [4.69, 9.17) is 16.3 Å². The van der Waals surface area contributed by atoms with E-state index in [1.807, 2.05) is 0 Å². The third kappa shape index (κ3) is 6.01. The van der Waals surface area contributed by atoms with Crippen LogP contribution in [-0.2, 0) is 19.6 Å². The Labute approximate surface area is 197 Å². The molecule has 0 bridgehead atoms. The average Bonchev–Trinajstić information content (AvgIpc) is 2.79. The van der Waals surface area contributed by atoms with E-state index in [1.54, 1.807) is 18.2 Å². The second kappa shape index (κ2) is 10.5. The second-order valence-corrected chi connectivity index (χ2v) is 10.1. The molecule has 0 aliphatic carbocycles. The summed E-state index contributed by atoms with van der Waals surface area (Å²) in [6.07, 6.45) is 0.999. The zero-order valence-corrected chi connectivity index (χ0v) is 19.8. The van der Waals surface area contributed by atoms with E-state index in [1.165, 1.54) is 35.5 Å². The topological polar surface area (TPSA) is 96.0 Å². The van der Waals surface area contributed by atoms with Gasteiger partial charge in [-0.15, -0.1) is 0 Å². The highest BCUT2D eigenvalue weighted by Gasteiger charge is 2.34. The molecule has 1 saturated heterocycles. The Bertz CT molecular complexity index is 1130. The van der Waals surface area contributed by atoms with E-state index in [2.05, 4.69) is 5.32 Å². The van der Waals surface area contributed by atoms with Crippen LogP contribution in [0.1, 0.15) is 12.8 Å². The molecule has 178 valence electrons. The normalized spacial score (nSPS) is 16.8.